The number of thiazole rings is 1. The third kappa shape index (κ3) is 4.37. The number of hydrogen-bond acceptors (Lipinski definition) is 4. The summed E-state index contributed by atoms with van der Waals surface area (Å²) in [5.41, 5.74) is 1.24. The highest BCUT2D eigenvalue weighted by Crippen LogP contribution is 2.14. The topological polar surface area (TPSA) is 28.2 Å². The van der Waals surface area contributed by atoms with Gasteiger partial charge in [-0.25, -0.2) is 4.98 Å². The molecule has 2 heterocycles. The smallest absolute Gasteiger partial charge is 0.0897 e. The molecule has 2 rings (SSSR count). The summed E-state index contributed by atoms with van der Waals surface area (Å²) in [6.45, 7) is 6.84. The largest absolute Gasteiger partial charge is 0.316 e. The van der Waals surface area contributed by atoms with E-state index in [1.807, 2.05) is 0 Å². The van der Waals surface area contributed by atoms with Crippen LogP contribution in [0.5, 0.6) is 0 Å². The maximum Gasteiger partial charge on any atom is 0.0897 e. The van der Waals surface area contributed by atoms with Crippen LogP contribution in [-0.4, -0.2) is 43.1 Å². The fraction of sp³-hybridized carbons (Fsp3) is 0.769. The molecule has 1 aromatic heterocycles. The van der Waals surface area contributed by atoms with Gasteiger partial charge in [0.25, 0.3) is 0 Å². The van der Waals surface area contributed by atoms with Crippen molar-refractivity contribution in [1.82, 2.24) is 15.2 Å². The average Bonchev–Trinajstić information content (AvgIpc) is 2.73. The first-order valence-electron chi connectivity index (χ1n) is 6.54. The van der Waals surface area contributed by atoms with Gasteiger partial charge in [-0.15, -0.1) is 11.3 Å². The Labute approximate surface area is 108 Å². The van der Waals surface area contributed by atoms with Gasteiger partial charge in [-0.2, -0.15) is 0 Å². The van der Waals surface area contributed by atoms with Crippen molar-refractivity contribution in [2.45, 2.75) is 26.2 Å². The molecule has 0 aliphatic carbocycles. The van der Waals surface area contributed by atoms with Crippen LogP contribution in [0.1, 0.15) is 23.5 Å². The van der Waals surface area contributed by atoms with E-state index in [4.69, 9.17) is 0 Å². The summed E-state index contributed by atoms with van der Waals surface area (Å²) in [7, 11) is 2.22. The third-order valence-electron chi connectivity index (χ3n) is 3.50. The zero-order chi connectivity index (χ0) is 12.1. The van der Waals surface area contributed by atoms with Gasteiger partial charge >= 0.3 is 0 Å². The second-order valence-electron chi connectivity index (χ2n) is 5.06. The zero-order valence-corrected chi connectivity index (χ0v) is 11.7. The molecular formula is C13H23N3S. The van der Waals surface area contributed by atoms with Crippen molar-refractivity contribution in [3.05, 3.63) is 16.1 Å². The van der Waals surface area contributed by atoms with Gasteiger partial charge in [0.2, 0.25) is 0 Å². The van der Waals surface area contributed by atoms with Crippen LogP contribution >= 0.6 is 11.3 Å². The van der Waals surface area contributed by atoms with Gasteiger partial charge in [-0.3, -0.25) is 0 Å². The summed E-state index contributed by atoms with van der Waals surface area (Å²) < 4.78 is 0. The summed E-state index contributed by atoms with van der Waals surface area (Å²) in [4.78, 5) is 6.90. The molecule has 0 spiro atoms. The molecule has 0 aromatic carbocycles. The second-order valence-corrected chi connectivity index (χ2v) is 6.12. The molecule has 1 saturated heterocycles. The standard InChI is InChI=1S/C13H23N3S/c1-11-15-13(10-17-11)3-6-14-9-12-4-7-16(2)8-5-12/h10,12,14H,3-9H2,1-2H3. The third-order valence-corrected chi connectivity index (χ3v) is 4.32. The van der Waals surface area contributed by atoms with Crippen LogP contribution in [0.4, 0.5) is 0 Å². The Morgan fingerprint density at radius 2 is 2.24 bits per heavy atom. The van der Waals surface area contributed by atoms with Gasteiger partial charge in [-0.1, -0.05) is 0 Å². The Kier molecular flexibility index (Phi) is 4.95. The Morgan fingerprint density at radius 1 is 1.47 bits per heavy atom. The van der Waals surface area contributed by atoms with E-state index in [9.17, 15) is 0 Å². The summed E-state index contributed by atoms with van der Waals surface area (Å²) in [5.74, 6) is 0.878. The van der Waals surface area contributed by atoms with Crippen LogP contribution in [0.15, 0.2) is 5.38 Å². The molecule has 0 atom stereocenters. The molecule has 1 aliphatic heterocycles. The number of hydrogen-bond donors (Lipinski definition) is 1. The molecule has 3 nitrogen and oxygen atoms in total. The highest BCUT2D eigenvalue weighted by Gasteiger charge is 2.15. The second kappa shape index (κ2) is 6.47. The Balaban J connectivity index is 1.57. The highest BCUT2D eigenvalue weighted by molar-refractivity contribution is 7.09. The van der Waals surface area contributed by atoms with Crippen LogP contribution in [0.2, 0.25) is 0 Å². The molecule has 96 valence electrons. The molecular weight excluding hydrogens is 230 g/mol. The van der Waals surface area contributed by atoms with Crippen LogP contribution in [0.25, 0.3) is 0 Å². The highest BCUT2D eigenvalue weighted by atomic mass is 32.1. The van der Waals surface area contributed by atoms with Crippen molar-refractivity contribution in [1.29, 1.82) is 0 Å². The summed E-state index contributed by atoms with van der Waals surface area (Å²) in [6.07, 6.45) is 3.76. The molecule has 1 N–H and O–H groups in total. The molecule has 0 amide bonds. The molecule has 1 aromatic rings. The molecule has 0 bridgehead atoms. The fourth-order valence-corrected chi connectivity index (χ4v) is 2.96. The van der Waals surface area contributed by atoms with Gasteiger partial charge in [0.05, 0.1) is 10.7 Å². The fourth-order valence-electron chi connectivity index (χ4n) is 2.31. The SMILES string of the molecule is Cc1nc(CCNCC2CCN(C)CC2)cs1. The van der Waals surface area contributed by atoms with Crippen molar-refractivity contribution in [2.24, 2.45) is 5.92 Å². The van der Waals surface area contributed by atoms with Gasteiger partial charge < -0.3 is 10.2 Å². The lowest BCUT2D eigenvalue weighted by Gasteiger charge is -2.29. The molecule has 4 heteroatoms. The van der Waals surface area contributed by atoms with Crippen molar-refractivity contribution in [3.63, 3.8) is 0 Å². The maximum atomic E-state index is 4.48. The summed E-state index contributed by atoms with van der Waals surface area (Å²) >= 11 is 1.75. The van der Waals surface area contributed by atoms with Gasteiger partial charge in [-0.05, 0) is 52.4 Å². The van der Waals surface area contributed by atoms with Gasteiger partial charge in [0, 0.05) is 18.3 Å². The lowest BCUT2D eigenvalue weighted by molar-refractivity contribution is 0.216. The number of nitrogens with zero attached hydrogens (tertiary/aromatic N) is 2. The van der Waals surface area contributed by atoms with E-state index in [1.165, 1.54) is 43.2 Å². The first-order valence-corrected chi connectivity index (χ1v) is 7.42. The van der Waals surface area contributed by atoms with E-state index in [2.05, 4.69) is 34.6 Å². The maximum absolute atomic E-state index is 4.48. The molecule has 0 unspecified atom stereocenters. The number of piperidine rings is 1. The quantitative estimate of drug-likeness (QED) is 0.813. The molecule has 17 heavy (non-hydrogen) atoms. The lowest BCUT2D eigenvalue weighted by Crippen LogP contribution is -2.35. The minimum absolute atomic E-state index is 0.878. The Morgan fingerprint density at radius 3 is 2.88 bits per heavy atom. The molecule has 0 saturated carbocycles. The minimum atomic E-state index is 0.878. The number of likely N-dealkylation sites (tertiary alicyclic amines) is 1. The lowest BCUT2D eigenvalue weighted by atomic mass is 9.97. The predicted molar refractivity (Wildman–Crippen MR) is 73.6 cm³/mol. The van der Waals surface area contributed by atoms with E-state index in [-0.39, 0.29) is 0 Å². The van der Waals surface area contributed by atoms with Crippen molar-refractivity contribution in [3.8, 4) is 0 Å². The predicted octanol–water partition coefficient (Wildman–Crippen LogP) is 1.93. The molecule has 1 fully saturated rings. The van der Waals surface area contributed by atoms with Gasteiger partial charge in [0.1, 0.15) is 0 Å². The summed E-state index contributed by atoms with van der Waals surface area (Å²) in [5, 5.41) is 6.92. The van der Waals surface area contributed by atoms with Crippen LogP contribution in [0.3, 0.4) is 0 Å². The number of aryl methyl sites for hydroxylation is 1. The number of rotatable bonds is 5. The van der Waals surface area contributed by atoms with Crippen molar-refractivity contribution >= 4 is 11.3 Å². The zero-order valence-electron chi connectivity index (χ0n) is 10.9. The normalized spacial score (nSPS) is 18.7. The first kappa shape index (κ1) is 13.0. The van der Waals surface area contributed by atoms with E-state index < -0.39 is 0 Å². The van der Waals surface area contributed by atoms with E-state index in [0.717, 1.165) is 18.9 Å². The van der Waals surface area contributed by atoms with Crippen LogP contribution < -0.4 is 5.32 Å². The minimum Gasteiger partial charge on any atom is -0.316 e. The molecule has 1 aliphatic rings. The van der Waals surface area contributed by atoms with Gasteiger partial charge in [0.15, 0.2) is 0 Å². The van der Waals surface area contributed by atoms with Crippen LogP contribution in [-0.2, 0) is 6.42 Å². The van der Waals surface area contributed by atoms with Crippen molar-refractivity contribution < 1.29 is 0 Å². The number of nitrogens with one attached hydrogen (secondary N) is 1. The van der Waals surface area contributed by atoms with E-state index in [1.54, 1.807) is 11.3 Å². The number of aromatic nitrogens is 1. The van der Waals surface area contributed by atoms with Crippen molar-refractivity contribution in [2.75, 3.05) is 33.2 Å². The molecule has 0 radical (unpaired) electrons. The van der Waals surface area contributed by atoms with E-state index >= 15 is 0 Å². The summed E-state index contributed by atoms with van der Waals surface area (Å²) in [6, 6.07) is 0. The van der Waals surface area contributed by atoms with Crippen LogP contribution in [0, 0.1) is 12.8 Å². The Bertz CT molecular complexity index is 329. The average molecular weight is 253 g/mol. The Hall–Kier alpha value is -0.450. The van der Waals surface area contributed by atoms with E-state index in [0.29, 0.717) is 0 Å². The monoisotopic (exact) mass is 253 g/mol. The first-order chi connectivity index (χ1) is 8.24.